The van der Waals surface area contributed by atoms with Crippen LogP contribution in [0, 0.1) is 0 Å². The highest BCUT2D eigenvalue weighted by atomic mass is 16.5. The van der Waals surface area contributed by atoms with Crippen LogP contribution < -0.4 is 4.74 Å². The minimum atomic E-state index is 0.203. The fourth-order valence-corrected chi connectivity index (χ4v) is 2.48. The van der Waals surface area contributed by atoms with Crippen molar-refractivity contribution in [3.63, 3.8) is 0 Å². The first-order valence-electron chi connectivity index (χ1n) is 8.41. The van der Waals surface area contributed by atoms with Gasteiger partial charge in [-0.2, -0.15) is 0 Å². The van der Waals surface area contributed by atoms with Gasteiger partial charge in [-0.05, 0) is 42.5 Å². The second-order valence-corrected chi connectivity index (χ2v) is 5.73. The van der Waals surface area contributed by atoms with Gasteiger partial charge in [-0.3, -0.25) is 0 Å². The number of rotatable bonds is 11. The Hall–Kier alpha value is -2.32. The minimum Gasteiger partial charge on any atom is -0.489 e. The van der Waals surface area contributed by atoms with Crippen LogP contribution in [-0.4, -0.2) is 12.7 Å². The van der Waals surface area contributed by atoms with E-state index in [4.69, 9.17) is 9.47 Å². The van der Waals surface area contributed by atoms with Crippen LogP contribution in [0.2, 0.25) is 0 Å². The summed E-state index contributed by atoms with van der Waals surface area (Å²) in [5.74, 6) is 0.896. The fourth-order valence-electron chi connectivity index (χ4n) is 2.48. The van der Waals surface area contributed by atoms with E-state index >= 15 is 0 Å². The molecule has 0 saturated heterocycles. The smallest absolute Gasteiger partial charge is 0.119 e. The Balaban J connectivity index is 1.80. The van der Waals surface area contributed by atoms with Crippen LogP contribution in [0.1, 0.15) is 24.0 Å². The van der Waals surface area contributed by atoms with Crippen molar-refractivity contribution in [3.8, 4) is 5.75 Å². The van der Waals surface area contributed by atoms with Crippen molar-refractivity contribution in [2.24, 2.45) is 0 Å². The first-order valence-corrected chi connectivity index (χ1v) is 8.41. The lowest BCUT2D eigenvalue weighted by atomic mass is 10.0. The van der Waals surface area contributed by atoms with Crippen LogP contribution in [-0.2, 0) is 17.8 Å². The largest absolute Gasteiger partial charge is 0.489 e. The fraction of sp³-hybridized carbons (Fsp3) is 0.273. The summed E-state index contributed by atoms with van der Waals surface area (Å²) >= 11 is 0. The van der Waals surface area contributed by atoms with Gasteiger partial charge in [0.2, 0.25) is 0 Å². The molecule has 0 aromatic heterocycles. The van der Waals surface area contributed by atoms with E-state index in [9.17, 15) is 0 Å². The molecule has 0 spiro atoms. The molecule has 0 N–H and O–H groups in total. The minimum absolute atomic E-state index is 0.203. The summed E-state index contributed by atoms with van der Waals surface area (Å²) in [6.07, 6.45) is 6.73. The zero-order valence-corrected chi connectivity index (χ0v) is 14.2. The van der Waals surface area contributed by atoms with Crippen molar-refractivity contribution in [2.75, 3.05) is 6.61 Å². The van der Waals surface area contributed by atoms with Gasteiger partial charge in [0.1, 0.15) is 12.4 Å². The first-order chi connectivity index (χ1) is 11.8. The third kappa shape index (κ3) is 6.43. The van der Waals surface area contributed by atoms with Crippen molar-refractivity contribution in [1.29, 1.82) is 0 Å². The molecule has 126 valence electrons. The zero-order valence-electron chi connectivity index (χ0n) is 14.2. The molecular formula is C22H26O2. The van der Waals surface area contributed by atoms with E-state index in [0.717, 1.165) is 25.0 Å². The predicted molar refractivity (Wildman–Crippen MR) is 100 cm³/mol. The van der Waals surface area contributed by atoms with E-state index in [1.807, 2.05) is 36.4 Å². The average Bonchev–Trinajstić information content (AvgIpc) is 2.64. The first kappa shape index (κ1) is 18.0. The molecule has 0 bridgehead atoms. The van der Waals surface area contributed by atoms with Crippen molar-refractivity contribution in [3.05, 3.63) is 91.0 Å². The van der Waals surface area contributed by atoms with E-state index in [2.05, 4.69) is 37.4 Å². The third-order valence-corrected chi connectivity index (χ3v) is 3.81. The van der Waals surface area contributed by atoms with Gasteiger partial charge in [-0.1, -0.05) is 54.6 Å². The van der Waals surface area contributed by atoms with Crippen LogP contribution in [0.4, 0.5) is 0 Å². The second-order valence-electron chi connectivity index (χ2n) is 5.73. The SMILES string of the molecule is C=CCOC(CC=C)CCc1ccc(OCc2ccccc2)cc1. The summed E-state index contributed by atoms with van der Waals surface area (Å²) in [6, 6.07) is 18.5. The van der Waals surface area contributed by atoms with Crippen molar-refractivity contribution >= 4 is 0 Å². The standard InChI is InChI=1S/C22H26O2/c1-3-8-21(23-17-4-2)14-11-19-12-15-22(16-13-19)24-18-20-9-6-5-7-10-20/h3-7,9-10,12-13,15-16,21H,1-2,8,11,14,17-18H2. The molecule has 2 rings (SSSR count). The highest BCUT2D eigenvalue weighted by molar-refractivity contribution is 5.28. The predicted octanol–water partition coefficient (Wildman–Crippen LogP) is 5.35. The molecule has 2 heteroatoms. The summed E-state index contributed by atoms with van der Waals surface area (Å²) in [5, 5.41) is 0. The highest BCUT2D eigenvalue weighted by Gasteiger charge is 2.07. The maximum atomic E-state index is 5.82. The highest BCUT2D eigenvalue weighted by Crippen LogP contribution is 2.17. The molecule has 24 heavy (non-hydrogen) atoms. The third-order valence-electron chi connectivity index (χ3n) is 3.81. The van der Waals surface area contributed by atoms with Crippen LogP contribution >= 0.6 is 0 Å². The molecule has 2 nitrogen and oxygen atoms in total. The van der Waals surface area contributed by atoms with Gasteiger partial charge >= 0.3 is 0 Å². The molecule has 0 fully saturated rings. The summed E-state index contributed by atoms with van der Waals surface area (Å²) < 4.78 is 11.6. The van der Waals surface area contributed by atoms with Gasteiger partial charge in [0.15, 0.2) is 0 Å². The number of hydrogen-bond acceptors (Lipinski definition) is 2. The van der Waals surface area contributed by atoms with Gasteiger partial charge in [-0.25, -0.2) is 0 Å². The maximum Gasteiger partial charge on any atom is 0.119 e. The van der Waals surface area contributed by atoms with E-state index in [1.165, 1.54) is 11.1 Å². The Morgan fingerprint density at radius 2 is 1.62 bits per heavy atom. The molecule has 0 saturated carbocycles. The maximum absolute atomic E-state index is 5.82. The number of aryl methyl sites for hydroxylation is 1. The van der Waals surface area contributed by atoms with E-state index in [1.54, 1.807) is 6.08 Å². The Morgan fingerprint density at radius 3 is 2.29 bits per heavy atom. The molecule has 1 unspecified atom stereocenters. The van der Waals surface area contributed by atoms with Gasteiger partial charge in [0, 0.05) is 0 Å². The Kier molecular flexibility index (Phi) is 7.85. The molecule has 0 aliphatic rings. The number of benzene rings is 2. The van der Waals surface area contributed by atoms with Crippen LogP contribution in [0.25, 0.3) is 0 Å². The molecule has 2 aromatic rings. The van der Waals surface area contributed by atoms with Gasteiger partial charge in [-0.15, -0.1) is 13.2 Å². The average molecular weight is 322 g/mol. The van der Waals surface area contributed by atoms with Crippen LogP contribution in [0.15, 0.2) is 79.9 Å². The van der Waals surface area contributed by atoms with Gasteiger partial charge < -0.3 is 9.47 Å². The molecule has 1 atom stereocenters. The topological polar surface area (TPSA) is 18.5 Å². The molecular weight excluding hydrogens is 296 g/mol. The molecule has 0 aliphatic carbocycles. The summed E-state index contributed by atoms with van der Waals surface area (Å²) in [5.41, 5.74) is 2.46. The van der Waals surface area contributed by atoms with Gasteiger partial charge in [0.05, 0.1) is 12.7 Å². The Bertz CT molecular complexity index is 602. The van der Waals surface area contributed by atoms with Crippen molar-refractivity contribution in [1.82, 2.24) is 0 Å². The number of ether oxygens (including phenoxy) is 2. The van der Waals surface area contributed by atoms with Crippen molar-refractivity contribution in [2.45, 2.75) is 32.0 Å². The monoisotopic (exact) mass is 322 g/mol. The lowest BCUT2D eigenvalue weighted by molar-refractivity contribution is 0.0705. The summed E-state index contributed by atoms with van der Waals surface area (Å²) in [7, 11) is 0. The zero-order chi connectivity index (χ0) is 17.0. The van der Waals surface area contributed by atoms with Crippen molar-refractivity contribution < 1.29 is 9.47 Å². The summed E-state index contributed by atoms with van der Waals surface area (Å²) in [6.45, 7) is 8.68. The summed E-state index contributed by atoms with van der Waals surface area (Å²) in [4.78, 5) is 0. The lowest BCUT2D eigenvalue weighted by Gasteiger charge is -2.15. The second kappa shape index (κ2) is 10.5. The molecule has 0 radical (unpaired) electrons. The Morgan fingerprint density at radius 1 is 0.875 bits per heavy atom. The molecule has 0 heterocycles. The van der Waals surface area contributed by atoms with Crippen LogP contribution in [0.5, 0.6) is 5.75 Å². The molecule has 2 aromatic carbocycles. The Labute approximate surface area is 145 Å². The number of hydrogen-bond donors (Lipinski definition) is 0. The van der Waals surface area contributed by atoms with E-state index in [0.29, 0.717) is 13.2 Å². The molecule has 0 aliphatic heterocycles. The van der Waals surface area contributed by atoms with Gasteiger partial charge in [0.25, 0.3) is 0 Å². The van der Waals surface area contributed by atoms with E-state index in [-0.39, 0.29) is 6.10 Å². The van der Waals surface area contributed by atoms with E-state index < -0.39 is 0 Å². The lowest BCUT2D eigenvalue weighted by Crippen LogP contribution is -2.13. The molecule has 0 amide bonds. The quantitative estimate of drug-likeness (QED) is 0.519. The van der Waals surface area contributed by atoms with Crippen LogP contribution in [0.3, 0.4) is 0 Å². The normalized spacial score (nSPS) is 11.7.